The van der Waals surface area contributed by atoms with Gasteiger partial charge in [0.05, 0.1) is 5.60 Å². The van der Waals surface area contributed by atoms with Crippen LogP contribution in [0, 0.1) is 40.4 Å². The van der Waals surface area contributed by atoms with Crippen LogP contribution in [0.2, 0.25) is 0 Å². The van der Waals surface area contributed by atoms with Gasteiger partial charge in [-0.3, -0.25) is 0 Å². The van der Waals surface area contributed by atoms with Crippen molar-refractivity contribution >= 4 is 0 Å². The van der Waals surface area contributed by atoms with Gasteiger partial charge in [-0.2, -0.15) is 0 Å². The zero-order valence-electron chi connectivity index (χ0n) is 17.1. The van der Waals surface area contributed by atoms with E-state index in [9.17, 15) is 5.11 Å². The summed E-state index contributed by atoms with van der Waals surface area (Å²) < 4.78 is 0. The third kappa shape index (κ3) is 2.51. The second-order valence-corrected chi connectivity index (χ2v) is 11.0. The minimum absolute atomic E-state index is 0.362. The average molecular weight is 345 g/mol. The van der Waals surface area contributed by atoms with Gasteiger partial charge in [0.1, 0.15) is 0 Å². The van der Waals surface area contributed by atoms with Gasteiger partial charge in [0.25, 0.3) is 0 Å². The monoisotopic (exact) mass is 344 g/mol. The maximum atomic E-state index is 10.9. The van der Waals surface area contributed by atoms with Gasteiger partial charge in [0.2, 0.25) is 0 Å². The summed E-state index contributed by atoms with van der Waals surface area (Å²) in [6.45, 7) is 14.0. The molecule has 1 N–H and O–H groups in total. The smallest absolute Gasteiger partial charge is 0.0648 e. The number of aliphatic hydroxyl groups is 1. The molecule has 0 amide bonds. The highest BCUT2D eigenvalue weighted by Crippen LogP contribution is 2.68. The van der Waals surface area contributed by atoms with Crippen molar-refractivity contribution in [1.29, 1.82) is 0 Å². The first kappa shape index (κ1) is 18.1. The van der Waals surface area contributed by atoms with E-state index < -0.39 is 0 Å². The van der Waals surface area contributed by atoms with E-state index in [0.717, 1.165) is 48.9 Å². The first-order valence-corrected chi connectivity index (χ1v) is 11.1. The number of fused-ring (bicyclic) bond motifs is 5. The number of hydrogen-bond donors (Lipinski definition) is 1. The van der Waals surface area contributed by atoms with Crippen molar-refractivity contribution in [1.82, 2.24) is 0 Å². The van der Waals surface area contributed by atoms with Crippen LogP contribution in [0.5, 0.6) is 0 Å². The Labute approximate surface area is 155 Å². The summed E-state index contributed by atoms with van der Waals surface area (Å²) in [6, 6.07) is 0. The van der Waals surface area contributed by atoms with E-state index in [2.05, 4.69) is 34.3 Å². The number of allylic oxidation sites excluding steroid dienone is 1. The minimum atomic E-state index is -0.362. The normalized spacial score (nSPS) is 55.2. The van der Waals surface area contributed by atoms with Gasteiger partial charge in [-0.1, -0.05) is 32.9 Å². The van der Waals surface area contributed by atoms with E-state index in [1.165, 1.54) is 50.5 Å². The molecule has 0 aromatic carbocycles. The molecule has 0 saturated heterocycles. The van der Waals surface area contributed by atoms with Gasteiger partial charge in [-0.05, 0) is 112 Å². The lowest BCUT2D eigenvalue weighted by molar-refractivity contribution is -0.150. The molecule has 0 aliphatic heterocycles. The van der Waals surface area contributed by atoms with Crippen molar-refractivity contribution in [2.75, 3.05) is 0 Å². The Morgan fingerprint density at radius 2 is 1.68 bits per heavy atom. The molecule has 0 heterocycles. The first-order chi connectivity index (χ1) is 11.7. The first-order valence-electron chi connectivity index (χ1n) is 11.1. The summed E-state index contributed by atoms with van der Waals surface area (Å²) in [5.41, 5.74) is 2.09. The molecular formula is C24H40O. The molecule has 25 heavy (non-hydrogen) atoms. The fourth-order valence-electron chi connectivity index (χ4n) is 8.45. The lowest BCUT2D eigenvalue weighted by atomic mass is 9.43. The summed E-state index contributed by atoms with van der Waals surface area (Å²) in [5, 5.41) is 10.9. The average Bonchev–Trinajstić information content (AvgIpc) is 2.93. The van der Waals surface area contributed by atoms with Crippen LogP contribution in [-0.4, -0.2) is 10.7 Å². The van der Waals surface area contributed by atoms with Crippen molar-refractivity contribution in [2.45, 2.75) is 97.5 Å². The molecule has 0 aromatic heterocycles. The highest BCUT2D eigenvalue weighted by molar-refractivity contribution is 5.15. The van der Waals surface area contributed by atoms with E-state index in [1.54, 1.807) is 0 Å². The van der Waals surface area contributed by atoms with Gasteiger partial charge >= 0.3 is 0 Å². The van der Waals surface area contributed by atoms with Gasteiger partial charge in [-0.25, -0.2) is 0 Å². The van der Waals surface area contributed by atoms with E-state index >= 15 is 0 Å². The van der Waals surface area contributed by atoms with Crippen LogP contribution in [-0.2, 0) is 0 Å². The van der Waals surface area contributed by atoms with Crippen molar-refractivity contribution in [2.24, 2.45) is 40.4 Å². The standard InChI is InChI=1S/C24H40O/c1-6-24(25)14-13-22(4)17(15-24)7-8-18-20-10-9-19(16(2)3)23(20,5)12-11-21(18)22/h17-21,25H,2,6-15H2,1,3-5H3/t17-,18+,19-,20+,21+,22+,23-,24-/m1/s1. The third-order valence-corrected chi connectivity index (χ3v) is 10.1. The molecule has 0 bridgehead atoms. The Balaban J connectivity index is 1.59. The van der Waals surface area contributed by atoms with Gasteiger partial charge in [-0.15, -0.1) is 0 Å². The molecular weight excluding hydrogens is 304 g/mol. The van der Waals surface area contributed by atoms with E-state index in [0.29, 0.717) is 10.8 Å². The van der Waals surface area contributed by atoms with Crippen LogP contribution in [0.15, 0.2) is 12.2 Å². The molecule has 0 aromatic rings. The fourth-order valence-corrected chi connectivity index (χ4v) is 8.45. The number of rotatable bonds is 2. The third-order valence-electron chi connectivity index (χ3n) is 10.1. The molecule has 0 radical (unpaired) electrons. The molecule has 0 unspecified atom stereocenters. The lowest BCUT2D eigenvalue weighted by Crippen LogP contribution is -2.55. The summed E-state index contributed by atoms with van der Waals surface area (Å²) >= 11 is 0. The Kier molecular flexibility index (Phi) is 4.23. The van der Waals surface area contributed by atoms with Crippen LogP contribution >= 0.6 is 0 Å². The van der Waals surface area contributed by atoms with Crippen LogP contribution in [0.3, 0.4) is 0 Å². The zero-order valence-corrected chi connectivity index (χ0v) is 17.1. The van der Waals surface area contributed by atoms with Crippen LogP contribution < -0.4 is 0 Å². The summed E-state index contributed by atoms with van der Waals surface area (Å²) in [4.78, 5) is 0. The molecule has 4 fully saturated rings. The summed E-state index contributed by atoms with van der Waals surface area (Å²) in [5.74, 6) is 4.31. The van der Waals surface area contributed by atoms with E-state index in [-0.39, 0.29) is 5.60 Å². The van der Waals surface area contributed by atoms with Gasteiger partial charge < -0.3 is 5.11 Å². The van der Waals surface area contributed by atoms with Crippen molar-refractivity contribution in [3.05, 3.63) is 12.2 Å². The molecule has 142 valence electrons. The van der Waals surface area contributed by atoms with Crippen molar-refractivity contribution < 1.29 is 5.11 Å². The summed E-state index contributed by atoms with van der Waals surface area (Å²) in [6.07, 6.45) is 12.8. The molecule has 8 atom stereocenters. The molecule has 4 rings (SSSR count). The predicted octanol–water partition coefficient (Wildman–Crippen LogP) is 6.36. The molecule has 0 spiro atoms. The predicted molar refractivity (Wildman–Crippen MR) is 105 cm³/mol. The number of hydrogen-bond acceptors (Lipinski definition) is 1. The van der Waals surface area contributed by atoms with E-state index in [1.807, 2.05) is 0 Å². The van der Waals surface area contributed by atoms with Crippen molar-refractivity contribution in [3.63, 3.8) is 0 Å². The van der Waals surface area contributed by atoms with Crippen LogP contribution in [0.1, 0.15) is 91.9 Å². The SMILES string of the molecule is C=C(C)[C@H]1CC[C@H]2[C@@H]3CC[C@@H]4C[C@@](O)(CC)CC[C@]4(C)[C@H]3CC[C@]12C. The van der Waals surface area contributed by atoms with E-state index in [4.69, 9.17) is 0 Å². The van der Waals surface area contributed by atoms with Crippen molar-refractivity contribution in [3.8, 4) is 0 Å². The molecule has 4 aliphatic carbocycles. The molecule has 4 aliphatic rings. The van der Waals surface area contributed by atoms with Crippen LogP contribution in [0.25, 0.3) is 0 Å². The highest BCUT2D eigenvalue weighted by atomic mass is 16.3. The highest BCUT2D eigenvalue weighted by Gasteiger charge is 2.61. The fraction of sp³-hybridized carbons (Fsp3) is 0.917. The topological polar surface area (TPSA) is 20.2 Å². The minimum Gasteiger partial charge on any atom is -0.390 e. The Hall–Kier alpha value is -0.300. The lowest BCUT2D eigenvalue weighted by Gasteiger charge is -2.62. The summed E-state index contributed by atoms with van der Waals surface area (Å²) in [7, 11) is 0. The molecule has 1 heteroatoms. The van der Waals surface area contributed by atoms with Gasteiger partial charge in [0.15, 0.2) is 0 Å². The zero-order chi connectivity index (χ0) is 18.0. The Morgan fingerprint density at radius 3 is 2.36 bits per heavy atom. The maximum Gasteiger partial charge on any atom is 0.0648 e. The second kappa shape index (κ2) is 5.85. The Morgan fingerprint density at radius 1 is 0.960 bits per heavy atom. The van der Waals surface area contributed by atoms with Gasteiger partial charge in [0, 0.05) is 0 Å². The molecule has 4 saturated carbocycles. The molecule has 1 nitrogen and oxygen atoms in total. The quantitative estimate of drug-likeness (QED) is 0.578. The maximum absolute atomic E-state index is 10.9. The van der Waals surface area contributed by atoms with Crippen LogP contribution in [0.4, 0.5) is 0 Å². The second-order valence-electron chi connectivity index (χ2n) is 11.0. The largest absolute Gasteiger partial charge is 0.390 e. The Bertz CT molecular complexity index is 552.